The highest BCUT2D eigenvalue weighted by Crippen LogP contribution is 2.02. The van der Waals surface area contributed by atoms with Crippen molar-refractivity contribution in [3.63, 3.8) is 0 Å². The van der Waals surface area contributed by atoms with Gasteiger partial charge in [0.1, 0.15) is 0 Å². The number of nitrogens with zero attached hydrogens (tertiary/aromatic N) is 3. The molecule has 82 valence electrons. The molecule has 0 atom stereocenters. The molecule has 14 heavy (non-hydrogen) atoms. The van der Waals surface area contributed by atoms with Gasteiger partial charge in [0.2, 0.25) is 0 Å². The molecule has 0 spiro atoms. The fourth-order valence-corrected chi connectivity index (χ4v) is 1.53. The molecule has 5 nitrogen and oxygen atoms in total. The van der Waals surface area contributed by atoms with E-state index in [1.54, 1.807) is 11.9 Å². The molecule has 2 N–H and O–H groups in total. The zero-order chi connectivity index (χ0) is 10.6. The fourth-order valence-electron chi connectivity index (χ4n) is 1.53. The van der Waals surface area contributed by atoms with E-state index in [1.807, 2.05) is 4.90 Å². The minimum Gasteiger partial charge on any atom is -0.329 e. The summed E-state index contributed by atoms with van der Waals surface area (Å²) < 4.78 is 0. The van der Waals surface area contributed by atoms with Gasteiger partial charge in [0.15, 0.2) is 0 Å². The lowest BCUT2D eigenvalue weighted by molar-refractivity contribution is 0.130. The number of rotatable bonds is 2. The van der Waals surface area contributed by atoms with Crippen molar-refractivity contribution in [3.8, 4) is 0 Å². The van der Waals surface area contributed by atoms with Gasteiger partial charge in [-0.1, -0.05) is 0 Å². The molecule has 1 rings (SSSR count). The standard InChI is InChI=1S/C9H20N4O/c1-11-5-7-13(8-6-11)9(14)12(2)4-3-10/h3-8,10H2,1-2H3. The Balaban J connectivity index is 2.37. The average Bonchev–Trinajstić information content (AvgIpc) is 2.18. The molecule has 1 heterocycles. The number of hydrogen-bond donors (Lipinski definition) is 1. The van der Waals surface area contributed by atoms with Crippen LogP contribution in [0.3, 0.4) is 0 Å². The van der Waals surface area contributed by atoms with Crippen LogP contribution in [0.1, 0.15) is 0 Å². The Bertz CT molecular complexity index is 189. The van der Waals surface area contributed by atoms with Crippen molar-refractivity contribution in [1.82, 2.24) is 14.7 Å². The molecule has 0 aromatic heterocycles. The van der Waals surface area contributed by atoms with Gasteiger partial charge >= 0.3 is 6.03 Å². The molecule has 2 amide bonds. The summed E-state index contributed by atoms with van der Waals surface area (Å²) >= 11 is 0. The summed E-state index contributed by atoms with van der Waals surface area (Å²) in [6, 6.07) is 0.101. The fraction of sp³-hybridized carbons (Fsp3) is 0.889. The van der Waals surface area contributed by atoms with E-state index in [0.29, 0.717) is 13.1 Å². The van der Waals surface area contributed by atoms with E-state index in [9.17, 15) is 4.79 Å². The predicted molar refractivity (Wildman–Crippen MR) is 56.2 cm³/mol. The van der Waals surface area contributed by atoms with E-state index in [4.69, 9.17) is 5.73 Å². The number of nitrogens with two attached hydrogens (primary N) is 1. The summed E-state index contributed by atoms with van der Waals surface area (Å²) in [5.74, 6) is 0. The molecule has 0 saturated carbocycles. The van der Waals surface area contributed by atoms with E-state index < -0.39 is 0 Å². The molecule has 0 unspecified atom stereocenters. The largest absolute Gasteiger partial charge is 0.329 e. The van der Waals surface area contributed by atoms with Gasteiger partial charge in [0.25, 0.3) is 0 Å². The Morgan fingerprint density at radius 1 is 1.36 bits per heavy atom. The quantitative estimate of drug-likeness (QED) is 0.638. The van der Waals surface area contributed by atoms with Gasteiger partial charge in [-0.25, -0.2) is 4.79 Å². The summed E-state index contributed by atoms with van der Waals surface area (Å²) in [5, 5.41) is 0. The highest BCUT2D eigenvalue weighted by atomic mass is 16.2. The number of carbonyl (C=O) groups excluding carboxylic acids is 1. The first-order valence-electron chi connectivity index (χ1n) is 5.04. The second-order valence-corrected chi connectivity index (χ2v) is 3.78. The Morgan fingerprint density at radius 2 is 1.93 bits per heavy atom. The lowest BCUT2D eigenvalue weighted by Crippen LogP contribution is -2.51. The van der Waals surface area contributed by atoms with Gasteiger partial charge < -0.3 is 20.4 Å². The summed E-state index contributed by atoms with van der Waals surface area (Å²) in [6.45, 7) is 4.72. The van der Waals surface area contributed by atoms with Gasteiger partial charge in [0, 0.05) is 46.3 Å². The van der Waals surface area contributed by atoms with Crippen molar-refractivity contribution in [2.45, 2.75) is 0 Å². The maximum absolute atomic E-state index is 11.8. The van der Waals surface area contributed by atoms with Crippen LogP contribution >= 0.6 is 0 Å². The minimum absolute atomic E-state index is 0.101. The SMILES string of the molecule is CN1CCN(C(=O)N(C)CCN)CC1. The van der Waals surface area contributed by atoms with Crippen molar-refractivity contribution in [2.75, 3.05) is 53.4 Å². The minimum atomic E-state index is 0.101. The van der Waals surface area contributed by atoms with Crippen LogP contribution in [0, 0.1) is 0 Å². The first kappa shape index (κ1) is 11.3. The molecule has 0 radical (unpaired) electrons. The van der Waals surface area contributed by atoms with Crippen molar-refractivity contribution in [1.29, 1.82) is 0 Å². The van der Waals surface area contributed by atoms with E-state index >= 15 is 0 Å². The summed E-state index contributed by atoms with van der Waals surface area (Å²) in [5.41, 5.74) is 5.40. The van der Waals surface area contributed by atoms with Gasteiger partial charge in [-0.3, -0.25) is 0 Å². The Labute approximate surface area is 85.4 Å². The number of urea groups is 1. The van der Waals surface area contributed by atoms with Crippen LogP contribution in [-0.4, -0.2) is 74.1 Å². The number of amides is 2. The number of piperazine rings is 1. The summed E-state index contributed by atoms with van der Waals surface area (Å²) in [6.07, 6.45) is 0. The number of carbonyl (C=O) groups is 1. The third-order valence-electron chi connectivity index (χ3n) is 2.56. The topological polar surface area (TPSA) is 52.8 Å². The molecular weight excluding hydrogens is 180 g/mol. The van der Waals surface area contributed by atoms with Crippen molar-refractivity contribution in [3.05, 3.63) is 0 Å². The van der Waals surface area contributed by atoms with Gasteiger partial charge in [-0.2, -0.15) is 0 Å². The molecule has 0 aromatic carbocycles. The lowest BCUT2D eigenvalue weighted by atomic mass is 10.3. The Kier molecular flexibility index (Phi) is 4.16. The monoisotopic (exact) mass is 200 g/mol. The van der Waals surface area contributed by atoms with Crippen molar-refractivity contribution >= 4 is 6.03 Å². The first-order valence-corrected chi connectivity index (χ1v) is 5.04. The molecular formula is C9H20N4O. The number of hydrogen-bond acceptors (Lipinski definition) is 3. The first-order chi connectivity index (χ1) is 6.65. The third kappa shape index (κ3) is 2.85. The molecule has 0 bridgehead atoms. The molecule has 0 aromatic rings. The van der Waals surface area contributed by atoms with E-state index in [2.05, 4.69) is 11.9 Å². The summed E-state index contributed by atoms with van der Waals surface area (Å²) in [4.78, 5) is 17.6. The number of likely N-dealkylation sites (N-methyl/N-ethyl adjacent to an activating group) is 2. The van der Waals surface area contributed by atoms with E-state index in [1.165, 1.54) is 0 Å². The molecule has 1 saturated heterocycles. The molecule has 1 aliphatic rings. The molecule has 1 aliphatic heterocycles. The maximum Gasteiger partial charge on any atom is 0.319 e. The van der Waals surface area contributed by atoms with Crippen LogP contribution < -0.4 is 5.73 Å². The maximum atomic E-state index is 11.8. The van der Waals surface area contributed by atoms with Crippen LogP contribution in [0.4, 0.5) is 4.79 Å². The average molecular weight is 200 g/mol. The summed E-state index contributed by atoms with van der Waals surface area (Å²) in [7, 11) is 3.87. The van der Waals surface area contributed by atoms with Gasteiger partial charge in [-0.05, 0) is 7.05 Å². The van der Waals surface area contributed by atoms with Crippen LogP contribution in [0.15, 0.2) is 0 Å². The highest BCUT2D eigenvalue weighted by molar-refractivity contribution is 5.74. The zero-order valence-corrected chi connectivity index (χ0v) is 9.07. The molecule has 0 aliphatic carbocycles. The Hall–Kier alpha value is -0.810. The normalized spacial score (nSPS) is 18.4. The zero-order valence-electron chi connectivity index (χ0n) is 9.07. The van der Waals surface area contributed by atoms with Crippen LogP contribution in [-0.2, 0) is 0 Å². The smallest absolute Gasteiger partial charge is 0.319 e. The van der Waals surface area contributed by atoms with Crippen LogP contribution in [0.25, 0.3) is 0 Å². The molecule has 1 fully saturated rings. The van der Waals surface area contributed by atoms with Crippen LogP contribution in [0.5, 0.6) is 0 Å². The van der Waals surface area contributed by atoms with Crippen LogP contribution in [0.2, 0.25) is 0 Å². The Morgan fingerprint density at radius 3 is 2.43 bits per heavy atom. The van der Waals surface area contributed by atoms with E-state index in [0.717, 1.165) is 26.2 Å². The highest BCUT2D eigenvalue weighted by Gasteiger charge is 2.21. The lowest BCUT2D eigenvalue weighted by Gasteiger charge is -2.34. The second-order valence-electron chi connectivity index (χ2n) is 3.78. The van der Waals surface area contributed by atoms with E-state index in [-0.39, 0.29) is 6.03 Å². The van der Waals surface area contributed by atoms with Gasteiger partial charge in [0.05, 0.1) is 0 Å². The van der Waals surface area contributed by atoms with Gasteiger partial charge in [-0.15, -0.1) is 0 Å². The van der Waals surface area contributed by atoms with Crippen molar-refractivity contribution < 1.29 is 4.79 Å². The third-order valence-corrected chi connectivity index (χ3v) is 2.56. The predicted octanol–water partition coefficient (Wildman–Crippen LogP) is -0.756. The molecule has 5 heteroatoms. The van der Waals surface area contributed by atoms with Crippen molar-refractivity contribution in [2.24, 2.45) is 5.73 Å². The second kappa shape index (κ2) is 5.17.